The standard InChI is InChI=1S/C25H33N7O2/c1-29(2)20-12-10-19(11-13-20)23(24-26-27-28-32(24)21-7-4-3-5-8-21)30-14-16-31(17-15-30)25(33)22-9-6-18-34-22/h6,9-13,18,21,23H,3-5,7-8,14-17H2,1-2H3/t23-/m0/s1. The van der Waals surface area contributed by atoms with E-state index in [9.17, 15) is 4.79 Å². The largest absolute Gasteiger partial charge is 0.459 e. The first kappa shape index (κ1) is 22.6. The summed E-state index contributed by atoms with van der Waals surface area (Å²) in [5.74, 6) is 1.24. The van der Waals surface area contributed by atoms with Crippen molar-refractivity contribution in [1.29, 1.82) is 0 Å². The van der Waals surface area contributed by atoms with E-state index < -0.39 is 0 Å². The summed E-state index contributed by atoms with van der Waals surface area (Å²) in [5.41, 5.74) is 2.33. The van der Waals surface area contributed by atoms with Gasteiger partial charge in [-0.05, 0) is 53.1 Å². The predicted octanol–water partition coefficient (Wildman–Crippen LogP) is 3.38. The van der Waals surface area contributed by atoms with Crippen LogP contribution in [-0.2, 0) is 0 Å². The predicted molar refractivity (Wildman–Crippen MR) is 129 cm³/mol. The first-order chi connectivity index (χ1) is 16.6. The molecule has 180 valence electrons. The molecule has 0 bridgehead atoms. The number of carbonyl (C=O) groups is 1. The number of amides is 1. The molecule has 9 heteroatoms. The summed E-state index contributed by atoms with van der Waals surface area (Å²) in [7, 11) is 4.09. The van der Waals surface area contributed by atoms with E-state index in [0.717, 1.165) is 37.4 Å². The van der Waals surface area contributed by atoms with Crippen molar-refractivity contribution < 1.29 is 9.21 Å². The van der Waals surface area contributed by atoms with Gasteiger partial charge in [0.25, 0.3) is 5.91 Å². The summed E-state index contributed by atoms with van der Waals surface area (Å²) in [6.45, 7) is 2.75. The van der Waals surface area contributed by atoms with Crippen LogP contribution in [0.5, 0.6) is 0 Å². The fourth-order valence-corrected chi connectivity index (χ4v) is 5.18. The van der Waals surface area contributed by atoms with Crippen molar-refractivity contribution in [3.63, 3.8) is 0 Å². The van der Waals surface area contributed by atoms with Crippen molar-refractivity contribution in [2.45, 2.75) is 44.2 Å². The van der Waals surface area contributed by atoms with E-state index in [2.05, 4.69) is 54.3 Å². The van der Waals surface area contributed by atoms with Gasteiger partial charge in [-0.25, -0.2) is 4.68 Å². The molecule has 0 spiro atoms. The molecule has 1 aromatic carbocycles. The second-order valence-corrected chi connectivity index (χ2v) is 9.47. The van der Waals surface area contributed by atoms with Gasteiger partial charge in [0.15, 0.2) is 11.6 Å². The van der Waals surface area contributed by atoms with E-state index >= 15 is 0 Å². The first-order valence-corrected chi connectivity index (χ1v) is 12.2. The maximum Gasteiger partial charge on any atom is 0.289 e. The van der Waals surface area contributed by atoms with E-state index in [-0.39, 0.29) is 11.9 Å². The molecular formula is C25H33N7O2. The Labute approximate surface area is 200 Å². The average molecular weight is 464 g/mol. The second-order valence-electron chi connectivity index (χ2n) is 9.47. The van der Waals surface area contributed by atoms with Crippen LogP contribution in [0.2, 0.25) is 0 Å². The van der Waals surface area contributed by atoms with Crippen LogP contribution in [-0.4, -0.2) is 76.2 Å². The Morgan fingerprint density at radius 1 is 1.03 bits per heavy atom. The van der Waals surface area contributed by atoms with Gasteiger partial charge in [0.1, 0.15) is 0 Å². The quantitative estimate of drug-likeness (QED) is 0.554. The van der Waals surface area contributed by atoms with E-state index in [0.29, 0.717) is 24.9 Å². The molecular weight excluding hydrogens is 430 g/mol. The lowest BCUT2D eigenvalue weighted by Gasteiger charge is -2.39. The number of tetrazole rings is 1. The number of aromatic nitrogens is 4. The van der Waals surface area contributed by atoms with Crippen LogP contribution in [0.1, 0.15) is 66.1 Å². The Hall–Kier alpha value is -3.20. The molecule has 1 amide bonds. The lowest BCUT2D eigenvalue weighted by molar-refractivity contribution is 0.0557. The highest BCUT2D eigenvalue weighted by Gasteiger charge is 2.34. The zero-order chi connectivity index (χ0) is 23.5. The number of hydrogen-bond donors (Lipinski definition) is 0. The number of anilines is 1. The highest BCUT2D eigenvalue weighted by Crippen LogP contribution is 2.34. The summed E-state index contributed by atoms with van der Waals surface area (Å²) in [4.78, 5) is 19.1. The van der Waals surface area contributed by atoms with Gasteiger partial charge >= 0.3 is 0 Å². The normalized spacial score (nSPS) is 18.7. The Morgan fingerprint density at radius 3 is 2.41 bits per heavy atom. The smallest absolute Gasteiger partial charge is 0.289 e. The maximum atomic E-state index is 12.8. The Bertz CT molecular complexity index is 1060. The number of nitrogens with zero attached hydrogens (tertiary/aromatic N) is 7. The Kier molecular flexibility index (Phi) is 6.62. The topological polar surface area (TPSA) is 83.5 Å². The van der Waals surface area contributed by atoms with Crippen LogP contribution in [0.3, 0.4) is 0 Å². The Morgan fingerprint density at radius 2 is 1.76 bits per heavy atom. The van der Waals surface area contributed by atoms with Crippen LogP contribution >= 0.6 is 0 Å². The van der Waals surface area contributed by atoms with Crippen molar-refractivity contribution >= 4 is 11.6 Å². The fourth-order valence-electron chi connectivity index (χ4n) is 5.18. The molecule has 1 atom stereocenters. The summed E-state index contributed by atoms with van der Waals surface area (Å²) in [5, 5.41) is 13.1. The molecule has 2 aromatic heterocycles. The van der Waals surface area contributed by atoms with Crippen LogP contribution in [0, 0.1) is 0 Å². The number of furan rings is 1. The zero-order valence-corrected chi connectivity index (χ0v) is 20.0. The lowest BCUT2D eigenvalue weighted by Crippen LogP contribution is -2.50. The SMILES string of the molecule is CN(C)c1ccc([C@@H](c2nnnn2C2CCCCC2)N2CCN(C(=O)c3ccco3)CC2)cc1. The minimum absolute atomic E-state index is 0.0522. The van der Waals surface area contributed by atoms with Gasteiger partial charge in [-0.3, -0.25) is 9.69 Å². The van der Waals surface area contributed by atoms with Crippen LogP contribution in [0.4, 0.5) is 5.69 Å². The van der Waals surface area contributed by atoms with Crippen molar-refractivity contribution in [2.24, 2.45) is 0 Å². The highest BCUT2D eigenvalue weighted by atomic mass is 16.3. The number of hydrogen-bond acceptors (Lipinski definition) is 7. The summed E-state index contributed by atoms with van der Waals surface area (Å²) in [6.07, 6.45) is 7.52. The lowest BCUT2D eigenvalue weighted by atomic mass is 9.95. The van der Waals surface area contributed by atoms with E-state index in [4.69, 9.17) is 4.42 Å². The van der Waals surface area contributed by atoms with Crippen LogP contribution in [0.25, 0.3) is 0 Å². The third kappa shape index (κ3) is 4.57. The van der Waals surface area contributed by atoms with Gasteiger partial charge in [-0.15, -0.1) is 5.10 Å². The number of piperazine rings is 1. The molecule has 0 radical (unpaired) electrons. The van der Waals surface area contributed by atoms with E-state index in [1.54, 1.807) is 18.4 Å². The molecule has 9 nitrogen and oxygen atoms in total. The molecule has 2 fully saturated rings. The monoisotopic (exact) mass is 463 g/mol. The number of rotatable bonds is 6. The van der Waals surface area contributed by atoms with Gasteiger partial charge in [-0.2, -0.15) is 0 Å². The van der Waals surface area contributed by atoms with Crippen LogP contribution in [0.15, 0.2) is 47.1 Å². The van der Waals surface area contributed by atoms with E-state index in [1.807, 2.05) is 19.0 Å². The van der Waals surface area contributed by atoms with Gasteiger partial charge in [0, 0.05) is 46.0 Å². The molecule has 34 heavy (non-hydrogen) atoms. The third-order valence-corrected chi connectivity index (χ3v) is 7.11. The molecule has 0 unspecified atom stereocenters. The highest BCUT2D eigenvalue weighted by molar-refractivity contribution is 5.91. The molecule has 1 aliphatic carbocycles. The van der Waals surface area contributed by atoms with Crippen molar-refractivity contribution in [3.05, 3.63) is 59.8 Å². The number of carbonyl (C=O) groups excluding carboxylic acids is 1. The van der Waals surface area contributed by atoms with Gasteiger partial charge in [0.05, 0.1) is 18.3 Å². The van der Waals surface area contributed by atoms with Crippen molar-refractivity contribution in [3.8, 4) is 0 Å². The molecule has 1 saturated carbocycles. The summed E-state index contributed by atoms with van der Waals surface area (Å²) in [6, 6.07) is 12.4. The molecule has 2 aliphatic rings. The maximum absolute atomic E-state index is 12.8. The first-order valence-electron chi connectivity index (χ1n) is 12.2. The second kappa shape index (κ2) is 9.97. The number of benzene rings is 1. The minimum atomic E-state index is -0.0611. The van der Waals surface area contributed by atoms with E-state index in [1.165, 1.54) is 24.8 Å². The fraction of sp³-hybridized carbons (Fsp3) is 0.520. The van der Waals surface area contributed by atoms with Crippen molar-refractivity contribution in [1.82, 2.24) is 30.0 Å². The van der Waals surface area contributed by atoms with Crippen molar-refractivity contribution in [2.75, 3.05) is 45.2 Å². The van der Waals surface area contributed by atoms with Gasteiger partial charge in [-0.1, -0.05) is 31.4 Å². The molecule has 5 rings (SSSR count). The zero-order valence-electron chi connectivity index (χ0n) is 20.0. The van der Waals surface area contributed by atoms with Gasteiger partial charge in [0.2, 0.25) is 0 Å². The van der Waals surface area contributed by atoms with Crippen LogP contribution < -0.4 is 4.90 Å². The molecule has 3 heterocycles. The average Bonchev–Trinajstić information content (AvgIpc) is 3.58. The molecule has 1 aliphatic heterocycles. The third-order valence-electron chi connectivity index (χ3n) is 7.11. The molecule has 1 saturated heterocycles. The van der Waals surface area contributed by atoms with Gasteiger partial charge < -0.3 is 14.2 Å². The molecule has 3 aromatic rings. The minimum Gasteiger partial charge on any atom is -0.459 e. The summed E-state index contributed by atoms with van der Waals surface area (Å²) < 4.78 is 7.40. The Balaban J connectivity index is 1.41. The summed E-state index contributed by atoms with van der Waals surface area (Å²) >= 11 is 0. The molecule has 0 N–H and O–H groups in total.